The number of methoxy groups -OCH3 is 1. The first kappa shape index (κ1) is 9.90. The molecule has 0 rings (SSSR count). The van der Waals surface area contributed by atoms with Gasteiger partial charge in [0, 0.05) is 7.11 Å². The average molecular weight is 160 g/mol. The van der Waals surface area contributed by atoms with E-state index in [4.69, 9.17) is 5.73 Å². The molecule has 3 N–H and O–H groups in total. The normalized spacial score (nSPS) is 12.2. The first-order chi connectivity index (χ1) is 5.07. The fourth-order valence-corrected chi connectivity index (χ4v) is 0.425. The number of hydrogen-bond donors (Lipinski definition) is 2. The van der Waals surface area contributed by atoms with Gasteiger partial charge in [-0.05, 0) is 6.92 Å². The SMILES string of the molecule is COC(C)C(=O)NCC(N)=O. The Morgan fingerprint density at radius 3 is 2.55 bits per heavy atom. The quantitative estimate of drug-likeness (QED) is 0.532. The summed E-state index contributed by atoms with van der Waals surface area (Å²) >= 11 is 0. The van der Waals surface area contributed by atoms with E-state index in [1.54, 1.807) is 6.92 Å². The Hall–Kier alpha value is -1.10. The predicted molar refractivity (Wildman–Crippen MR) is 38.7 cm³/mol. The Kier molecular flexibility index (Phi) is 4.21. The van der Waals surface area contributed by atoms with Crippen LogP contribution in [0.15, 0.2) is 0 Å². The van der Waals surface area contributed by atoms with Crippen LogP contribution >= 0.6 is 0 Å². The van der Waals surface area contributed by atoms with Crippen molar-refractivity contribution in [1.29, 1.82) is 0 Å². The van der Waals surface area contributed by atoms with E-state index in [0.717, 1.165) is 0 Å². The van der Waals surface area contributed by atoms with Crippen molar-refractivity contribution < 1.29 is 14.3 Å². The number of rotatable bonds is 4. The highest BCUT2D eigenvalue weighted by atomic mass is 16.5. The van der Waals surface area contributed by atoms with E-state index in [9.17, 15) is 9.59 Å². The zero-order chi connectivity index (χ0) is 8.85. The van der Waals surface area contributed by atoms with Gasteiger partial charge < -0.3 is 15.8 Å². The van der Waals surface area contributed by atoms with Crippen LogP contribution < -0.4 is 11.1 Å². The number of ether oxygens (including phenoxy) is 1. The lowest BCUT2D eigenvalue weighted by Gasteiger charge is -2.08. The first-order valence-electron chi connectivity index (χ1n) is 3.16. The third-order valence-corrected chi connectivity index (χ3v) is 1.16. The summed E-state index contributed by atoms with van der Waals surface area (Å²) in [5, 5.41) is 2.29. The molecular formula is C6H12N2O3. The molecule has 0 saturated carbocycles. The van der Waals surface area contributed by atoms with Gasteiger partial charge in [-0.15, -0.1) is 0 Å². The molecule has 64 valence electrons. The highest BCUT2D eigenvalue weighted by molar-refractivity contribution is 5.85. The Morgan fingerprint density at radius 1 is 1.64 bits per heavy atom. The zero-order valence-corrected chi connectivity index (χ0v) is 6.59. The molecule has 0 saturated heterocycles. The number of carbonyl (C=O) groups excluding carboxylic acids is 2. The van der Waals surface area contributed by atoms with Crippen molar-refractivity contribution in [2.24, 2.45) is 5.73 Å². The summed E-state index contributed by atoms with van der Waals surface area (Å²) in [6.07, 6.45) is -0.547. The summed E-state index contributed by atoms with van der Waals surface area (Å²) in [4.78, 5) is 21.0. The summed E-state index contributed by atoms with van der Waals surface area (Å²) in [5.41, 5.74) is 4.79. The van der Waals surface area contributed by atoms with Gasteiger partial charge in [0.2, 0.25) is 11.8 Å². The number of nitrogens with one attached hydrogen (secondary N) is 1. The second kappa shape index (κ2) is 4.68. The molecule has 0 aliphatic rings. The van der Waals surface area contributed by atoms with Gasteiger partial charge in [-0.1, -0.05) is 0 Å². The van der Waals surface area contributed by atoms with E-state index in [1.165, 1.54) is 7.11 Å². The number of nitrogens with two attached hydrogens (primary N) is 1. The maximum atomic E-state index is 10.8. The van der Waals surface area contributed by atoms with Crippen molar-refractivity contribution >= 4 is 11.8 Å². The van der Waals surface area contributed by atoms with Crippen LogP contribution in [0.25, 0.3) is 0 Å². The largest absolute Gasteiger partial charge is 0.372 e. The van der Waals surface area contributed by atoms with Gasteiger partial charge in [-0.2, -0.15) is 0 Å². The molecule has 2 amide bonds. The van der Waals surface area contributed by atoms with Crippen LogP contribution in [0.1, 0.15) is 6.92 Å². The molecule has 1 unspecified atom stereocenters. The minimum atomic E-state index is -0.568. The van der Waals surface area contributed by atoms with Gasteiger partial charge in [0.05, 0.1) is 6.54 Å². The van der Waals surface area contributed by atoms with Gasteiger partial charge >= 0.3 is 0 Å². The molecule has 0 aromatic heterocycles. The van der Waals surface area contributed by atoms with Crippen molar-refractivity contribution in [2.45, 2.75) is 13.0 Å². The highest BCUT2D eigenvalue weighted by Crippen LogP contribution is 1.85. The molecule has 1 atom stereocenters. The van der Waals surface area contributed by atoms with E-state index in [2.05, 4.69) is 10.1 Å². The first-order valence-corrected chi connectivity index (χ1v) is 3.16. The lowest BCUT2D eigenvalue weighted by atomic mass is 10.4. The summed E-state index contributed by atoms with van der Waals surface area (Å²) in [5.74, 6) is -0.909. The Bertz CT molecular complexity index is 158. The minimum absolute atomic E-state index is 0.146. The number of primary amides is 1. The van der Waals surface area contributed by atoms with Gasteiger partial charge in [-0.25, -0.2) is 0 Å². The van der Waals surface area contributed by atoms with Crippen molar-refractivity contribution in [1.82, 2.24) is 5.32 Å². The monoisotopic (exact) mass is 160 g/mol. The maximum Gasteiger partial charge on any atom is 0.249 e. The van der Waals surface area contributed by atoms with E-state index in [1.807, 2.05) is 0 Å². The molecule has 0 spiro atoms. The zero-order valence-electron chi connectivity index (χ0n) is 6.59. The molecule has 0 aliphatic carbocycles. The molecule has 0 radical (unpaired) electrons. The third kappa shape index (κ3) is 4.32. The van der Waals surface area contributed by atoms with Crippen molar-refractivity contribution in [3.63, 3.8) is 0 Å². The van der Waals surface area contributed by atoms with Crippen LogP contribution in [-0.2, 0) is 14.3 Å². The fraction of sp³-hybridized carbons (Fsp3) is 0.667. The molecule has 5 nitrogen and oxygen atoms in total. The predicted octanol–water partition coefficient (Wildman–Crippen LogP) is -1.38. The highest BCUT2D eigenvalue weighted by Gasteiger charge is 2.10. The number of amides is 2. The summed E-state index contributed by atoms with van der Waals surface area (Å²) in [6.45, 7) is 1.43. The van der Waals surface area contributed by atoms with E-state index < -0.39 is 12.0 Å². The topological polar surface area (TPSA) is 81.4 Å². The molecule has 0 bridgehead atoms. The van der Waals surface area contributed by atoms with Crippen molar-refractivity contribution in [2.75, 3.05) is 13.7 Å². The standard InChI is InChI=1S/C6H12N2O3/c1-4(11-2)6(10)8-3-5(7)9/h4H,3H2,1-2H3,(H2,7,9)(H,8,10). The Labute approximate surface area is 64.9 Å². The van der Waals surface area contributed by atoms with E-state index >= 15 is 0 Å². The van der Waals surface area contributed by atoms with Crippen LogP contribution in [0.2, 0.25) is 0 Å². The molecular weight excluding hydrogens is 148 g/mol. The molecule has 11 heavy (non-hydrogen) atoms. The molecule has 0 heterocycles. The number of carbonyl (C=O) groups is 2. The molecule has 0 fully saturated rings. The third-order valence-electron chi connectivity index (χ3n) is 1.16. The van der Waals surface area contributed by atoms with E-state index in [-0.39, 0.29) is 12.5 Å². The second-order valence-corrected chi connectivity index (χ2v) is 2.06. The van der Waals surface area contributed by atoms with Crippen LogP contribution in [0.5, 0.6) is 0 Å². The van der Waals surface area contributed by atoms with Crippen LogP contribution in [0.4, 0.5) is 0 Å². The lowest BCUT2D eigenvalue weighted by Crippen LogP contribution is -2.39. The Morgan fingerprint density at radius 2 is 2.18 bits per heavy atom. The summed E-state index contributed by atoms with van der Waals surface area (Å²) in [6, 6.07) is 0. The molecule has 0 aromatic rings. The van der Waals surface area contributed by atoms with Gasteiger partial charge in [0.25, 0.3) is 0 Å². The molecule has 5 heteroatoms. The van der Waals surface area contributed by atoms with Gasteiger partial charge in [0.15, 0.2) is 0 Å². The van der Waals surface area contributed by atoms with Crippen LogP contribution in [0.3, 0.4) is 0 Å². The van der Waals surface area contributed by atoms with Crippen molar-refractivity contribution in [3.8, 4) is 0 Å². The summed E-state index contributed by atoms with van der Waals surface area (Å²) in [7, 11) is 1.41. The van der Waals surface area contributed by atoms with Crippen molar-refractivity contribution in [3.05, 3.63) is 0 Å². The molecule has 0 aliphatic heterocycles. The van der Waals surface area contributed by atoms with Crippen LogP contribution in [-0.4, -0.2) is 31.6 Å². The maximum absolute atomic E-state index is 10.8. The van der Waals surface area contributed by atoms with Gasteiger partial charge in [-0.3, -0.25) is 9.59 Å². The minimum Gasteiger partial charge on any atom is -0.372 e. The second-order valence-electron chi connectivity index (χ2n) is 2.06. The Balaban J connectivity index is 3.60. The average Bonchev–Trinajstić information content (AvgIpc) is 1.98. The molecule has 0 aromatic carbocycles. The lowest BCUT2D eigenvalue weighted by molar-refractivity contribution is -0.131. The van der Waals surface area contributed by atoms with Crippen LogP contribution in [0, 0.1) is 0 Å². The number of hydrogen-bond acceptors (Lipinski definition) is 3. The van der Waals surface area contributed by atoms with Gasteiger partial charge in [0.1, 0.15) is 6.10 Å². The fourth-order valence-electron chi connectivity index (χ4n) is 0.425. The van der Waals surface area contributed by atoms with E-state index in [0.29, 0.717) is 0 Å². The smallest absolute Gasteiger partial charge is 0.249 e. The summed E-state index contributed by atoms with van der Waals surface area (Å²) < 4.78 is 4.68.